The molecule has 35 heavy (non-hydrogen) atoms. The quantitative estimate of drug-likeness (QED) is 0.658. The van der Waals surface area contributed by atoms with Gasteiger partial charge in [-0.05, 0) is 44.6 Å². The van der Waals surface area contributed by atoms with Gasteiger partial charge in [-0.3, -0.25) is 9.69 Å². The number of carbonyl (C=O) groups is 1. The van der Waals surface area contributed by atoms with Gasteiger partial charge in [0.15, 0.2) is 0 Å². The molecule has 4 heterocycles. The minimum Gasteiger partial charge on any atom is -0.336 e. The highest BCUT2D eigenvalue weighted by Gasteiger charge is 2.43. The van der Waals surface area contributed by atoms with Crippen molar-refractivity contribution in [2.75, 3.05) is 13.1 Å². The molecule has 0 aliphatic carbocycles. The first-order valence-corrected chi connectivity index (χ1v) is 12.7. The third-order valence-corrected chi connectivity index (χ3v) is 8.08. The molecule has 6 nitrogen and oxygen atoms in total. The highest BCUT2D eigenvalue weighted by Crippen LogP contribution is 2.43. The van der Waals surface area contributed by atoms with Crippen molar-refractivity contribution in [2.45, 2.75) is 88.8 Å². The standard InChI is InChI=1S/C26H34F3N5O/c1-17-31-23-10-11-32(25(35)15-26(27,28)29)16-24(23)34(17)21-13-19-7-8-20(14-21)33(19)12-9-22(30)18-5-3-2-4-6-18/h2-6,19-22H,7-16,30H2,1H3/t19-,20+,21?,22-/m0/s1. The Balaban J connectivity index is 1.26. The second kappa shape index (κ2) is 9.58. The predicted molar refractivity (Wildman–Crippen MR) is 127 cm³/mol. The Labute approximate surface area is 204 Å². The van der Waals surface area contributed by atoms with Crippen LogP contribution in [0.25, 0.3) is 0 Å². The Bertz CT molecular complexity index is 1040. The molecule has 5 rings (SSSR count). The molecule has 2 saturated heterocycles. The highest BCUT2D eigenvalue weighted by molar-refractivity contribution is 5.77. The minimum atomic E-state index is -4.48. The van der Waals surface area contributed by atoms with E-state index in [-0.39, 0.29) is 18.6 Å². The number of amides is 1. The maximum atomic E-state index is 12.8. The van der Waals surface area contributed by atoms with E-state index < -0.39 is 18.5 Å². The van der Waals surface area contributed by atoms with Crippen LogP contribution in [0.2, 0.25) is 0 Å². The lowest BCUT2D eigenvalue weighted by atomic mass is 9.95. The van der Waals surface area contributed by atoms with E-state index in [1.165, 1.54) is 10.5 Å². The van der Waals surface area contributed by atoms with Crippen molar-refractivity contribution in [3.8, 4) is 0 Å². The van der Waals surface area contributed by atoms with Crippen LogP contribution in [0.4, 0.5) is 13.2 Å². The van der Waals surface area contributed by atoms with Gasteiger partial charge in [-0.15, -0.1) is 0 Å². The number of carbonyl (C=O) groups excluding carboxylic acids is 1. The number of fused-ring (bicyclic) bond motifs is 3. The number of aromatic nitrogens is 2. The largest absolute Gasteiger partial charge is 0.397 e. The Kier molecular flexibility index (Phi) is 6.65. The van der Waals surface area contributed by atoms with E-state index in [1.54, 1.807) is 0 Å². The van der Waals surface area contributed by atoms with Crippen molar-refractivity contribution in [3.63, 3.8) is 0 Å². The normalized spacial score (nSPS) is 25.5. The summed E-state index contributed by atoms with van der Waals surface area (Å²) in [5, 5.41) is 0. The number of benzene rings is 1. The third-order valence-electron chi connectivity index (χ3n) is 8.08. The molecule has 3 aliphatic rings. The number of nitrogens with zero attached hydrogens (tertiary/aromatic N) is 4. The van der Waals surface area contributed by atoms with E-state index in [4.69, 9.17) is 10.7 Å². The van der Waals surface area contributed by atoms with Crippen LogP contribution in [0.5, 0.6) is 0 Å². The zero-order valence-electron chi connectivity index (χ0n) is 20.2. The smallest absolute Gasteiger partial charge is 0.336 e. The molecule has 1 aromatic carbocycles. The van der Waals surface area contributed by atoms with Crippen molar-refractivity contribution < 1.29 is 18.0 Å². The maximum absolute atomic E-state index is 12.8. The lowest BCUT2D eigenvalue weighted by Gasteiger charge is -2.41. The number of piperidine rings is 1. The average molecular weight is 490 g/mol. The van der Waals surface area contributed by atoms with Crippen LogP contribution < -0.4 is 5.73 Å². The van der Waals surface area contributed by atoms with Crippen molar-refractivity contribution in [3.05, 3.63) is 53.1 Å². The zero-order valence-corrected chi connectivity index (χ0v) is 20.2. The first-order valence-electron chi connectivity index (χ1n) is 12.7. The van der Waals surface area contributed by atoms with Gasteiger partial charge < -0.3 is 15.2 Å². The second-order valence-corrected chi connectivity index (χ2v) is 10.3. The number of aryl methyl sites for hydroxylation is 1. The Morgan fingerprint density at radius 1 is 1.14 bits per heavy atom. The Hall–Kier alpha value is -2.39. The number of imidazole rings is 1. The lowest BCUT2D eigenvalue weighted by Crippen LogP contribution is -2.45. The highest BCUT2D eigenvalue weighted by atomic mass is 19.4. The van der Waals surface area contributed by atoms with E-state index in [9.17, 15) is 18.0 Å². The molecule has 0 radical (unpaired) electrons. The number of nitrogens with two attached hydrogens (primary N) is 1. The maximum Gasteiger partial charge on any atom is 0.397 e. The summed E-state index contributed by atoms with van der Waals surface area (Å²) in [6.45, 7) is 3.46. The summed E-state index contributed by atoms with van der Waals surface area (Å²) >= 11 is 0. The van der Waals surface area contributed by atoms with E-state index in [2.05, 4.69) is 21.6 Å². The first kappa shape index (κ1) is 24.3. The molecule has 9 heteroatoms. The Morgan fingerprint density at radius 3 is 2.49 bits per heavy atom. The monoisotopic (exact) mass is 489 g/mol. The molecule has 1 unspecified atom stereocenters. The average Bonchev–Trinajstić information content (AvgIpc) is 3.27. The van der Waals surface area contributed by atoms with Crippen LogP contribution >= 0.6 is 0 Å². The lowest BCUT2D eigenvalue weighted by molar-refractivity contribution is -0.162. The van der Waals surface area contributed by atoms with E-state index in [0.29, 0.717) is 25.0 Å². The van der Waals surface area contributed by atoms with Crippen LogP contribution in [0.3, 0.4) is 0 Å². The molecule has 3 aliphatic heterocycles. The number of alkyl halides is 3. The number of hydrogen-bond acceptors (Lipinski definition) is 4. The number of halogens is 3. The molecule has 1 amide bonds. The van der Waals surface area contributed by atoms with Gasteiger partial charge in [-0.2, -0.15) is 13.2 Å². The molecule has 2 fully saturated rings. The second-order valence-electron chi connectivity index (χ2n) is 10.3. The number of hydrogen-bond donors (Lipinski definition) is 1. The summed E-state index contributed by atoms with van der Waals surface area (Å²) in [4.78, 5) is 21.0. The molecule has 0 spiro atoms. The summed E-state index contributed by atoms with van der Waals surface area (Å²) in [6.07, 6.45) is -0.144. The topological polar surface area (TPSA) is 67.4 Å². The van der Waals surface area contributed by atoms with Gasteiger partial charge in [-0.25, -0.2) is 4.98 Å². The predicted octanol–water partition coefficient (Wildman–Crippen LogP) is 4.29. The van der Waals surface area contributed by atoms with E-state index in [0.717, 1.165) is 55.9 Å². The van der Waals surface area contributed by atoms with Gasteiger partial charge in [0.1, 0.15) is 12.2 Å². The van der Waals surface area contributed by atoms with Gasteiger partial charge in [0.05, 0.1) is 17.9 Å². The molecule has 0 saturated carbocycles. The Morgan fingerprint density at radius 2 is 1.83 bits per heavy atom. The molecular formula is C26H34F3N5O. The number of rotatable bonds is 6. The van der Waals surface area contributed by atoms with Crippen LogP contribution in [-0.2, 0) is 17.8 Å². The van der Waals surface area contributed by atoms with Crippen molar-refractivity contribution >= 4 is 5.91 Å². The summed E-state index contributed by atoms with van der Waals surface area (Å²) in [5.74, 6) is 0.0577. The van der Waals surface area contributed by atoms with Gasteiger partial charge in [-0.1, -0.05) is 30.3 Å². The molecule has 2 N–H and O–H groups in total. The summed E-state index contributed by atoms with van der Waals surface area (Å²) < 4.78 is 40.6. The summed E-state index contributed by atoms with van der Waals surface area (Å²) in [7, 11) is 0. The van der Waals surface area contributed by atoms with Crippen LogP contribution in [0.15, 0.2) is 30.3 Å². The zero-order chi connectivity index (χ0) is 24.7. The molecular weight excluding hydrogens is 455 g/mol. The van der Waals surface area contributed by atoms with Crippen LogP contribution in [0.1, 0.15) is 73.4 Å². The van der Waals surface area contributed by atoms with Gasteiger partial charge in [0, 0.05) is 43.7 Å². The fraction of sp³-hybridized carbons (Fsp3) is 0.615. The fourth-order valence-electron chi connectivity index (χ4n) is 6.47. The SMILES string of the molecule is Cc1nc2c(n1C1C[C@H]3CC[C@@H](C1)N3CC[C@H](N)c1ccccc1)CN(C(=O)CC(F)(F)F)CC2. The summed E-state index contributed by atoms with van der Waals surface area (Å²) in [5.41, 5.74) is 9.48. The van der Waals surface area contributed by atoms with Gasteiger partial charge >= 0.3 is 6.18 Å². The molecule has 190 valence electrons. The third kappa shape index (κ3) is 5.11. The van der Waals surface area contributed by atoms with Crippen molar-refractivity contribution in [1.29, 1.82) is 0 Å². The van der Waals surface area contributed by atoms with Crippen molar-refractivity contribution in [2.24, 2.45) is 5.73 Å². The first-order chi connectivity index (χ1) is 16.7. The summed E-state index contributed by atoms with van der Waals surface area (Å²) in [6, 6.07) is 11.5. The van der Waals surface area contributed by atoms with E-state index >= 15 is 0 Å². The molecule has 4 atom stereocenters. The van der Waals surface area contributed by atoms with Gasteiger partial charge in [0.25, 0.3) is 0 Å². The molecule has 1 aromatic heterocycles. The molecule has 2 bridgehead atoms. The fourth-order valence-corrected chi connectivity index (χ4v) is 6.47. The van der Waals surface area contributed by atoms with Crippen LogP contribution in [-0.4, -0.2) is 56.6 Å². The molecule has 2 aromatic rings. The van der Waals surface area contributed by atoms with Crippen molar-refractivity contribution in [1.82, 2.24) is 19.4 Å². The van der Waals surface area contributed by atoms with Gasteiger partial charge in [0.2, 0.25) is 5.91 Å². The van der Waals surface area contributed by atoms with Crippen LogP contribution in [0, 0.1) is 6.92 Å². The minimum absolute atomic E-state index is 0.0245. The van der Waals surface area contributed by atoms with E-state index in [1.807, 2.05) is 25.1 Å².